The van der Waals surface area contributed by atoms with E-state index in [0.29, 0.717) is 6.54 Å². The highest BCUT2D eigenvalue weighted by molar-refractivity contribution is 5.06. The van der Waals surface area contributed by atoms with Gasteiger partial charge in [0.15, 0.2) is 0 Å². The van der Waals surface area contributed by atoms with E-state index in [1.807, 2.05) is 12.5 Å². The van der Waals surface area contributed by atoms with Gasteiger partial charge in [-0.1, -0.05) is 27.7 Å². The van der Waals surface area contributed by atoms with E-state index < -0.39 is 0 Å². The van der Waals surface area contributed by atoms with Crippen LogP contribution < -0.4 is 5.73 Å². The van der Waals surface area contributed by atoms with Crippen LogP contribution in [0.3, 0.4) is 0 Å². The van der Waals surface area contributed by atoms with Crippen molar-refractivity contribution in [2.45, 2.75) is 60.0 Å². The van der Waals surface area contributed by atoms with Crippen LogP contribution in [0.1, 0.15) is 59.2 Å². The molecule has 21 heavy (non-hydrogen) atoms. The van der Waals surface area contributed by atoms with E-state index >= 15 is 0 Å². The SMILES string of the molecule is CCn1cncc1C(CN)N(CCC(C)C)CCC(C)C. The molecule has 1 rings (SSSR count). The molecular formula is C17H34N4. The largest absolute Gasteiger partial charge is 0.333 e. The Morgan fingerprint density at radius 2 is 1.71 bits per heavy atom. The first kappa shape index (κ1) is 18.2. The zero-order valence-corrected chi connectivity index (χ0v) is 14.5. The second kappa shape index (κ2) is 9.21. The van der Waals surface area contributed by atoms with E-state index in [4.69, 9.17) is 5.73 Å². The van der Waals surface area contributed by atoms with Crippen molar-refractivity contribution in [3.05, 3.63) is 18.2 Å². The average Bonchev–Trinajstić information content (AvgIpc) is 2.89. The minimum atomic E-state index is 0.282. The van der Waals surface area contributed by atoms with Gasteiger partial charge in [0.2, 0.25) is 0 Å². The summed E-state index contributed by atoms with van der Waals surface area (Å²) < 4.78 is 2.22. The molecule has 0 saturated carbocycles. The Morgan fingerprint density at radius 3 is 2.14 bits per heavy atom. The Bertz CT molecular complexity index is 372. The highest BCUT2D eigenvalue weighted by atomic mass is 15.2. The van der Waals surface area contributed by atoms with E-state index in [0.717, 1.165) is 31.5 Å². The van der Waals surface area contributed by atoms with Gasteiger partial charge in [0.25, 0.3) is 0 Å². The molecule has 0 bridgehead atoms. The summed E-state index contributed by atoms with van der Waals surface area (Å²) in [6.45, 7) is 15.1. The molecule has 0 aliphatic carbocycles. The summed E-state index contributed by atoms with van der Waals surface area (Å²) in [6, 6.07) is 0.282. The monoisotopic (exact) mass is 294 g/mol. The Balaban J connectivity index is 2.85. The van der Waals surface area contributed by atoms with Gasteiger partial charge in [-0.2, -0.15) is 0 Å². The number of nitrogens with zero attached hydrogens (tertiary/aromatic N) is 3. The maximum absolute atomic E-state index is 6.12. The third-order valence-electron chi connectivity index (χ3n) is 4.08. The van der Waals surface area contributed by atoms with Crippen LogP contribution in [0.2, 0.25) is 0 Å². The summed E-state index contributed by atoms with van der Waals surface area (Å²) in [5.41, 5.74) is 7.38. The fraction of sp³-hybridized carbons (Fsp3) is 0.824. The molecule has 122 valence electrons. The first-order valence-electron chi connectivity index (χ1n) is 8.43. The van der Waals surface area contributed by atoms with Crippen LogP contribution in [0.5, 0.6) is 0 Å². The molecule has 2 N–H and O–H groups in total. The second-order valence-electron chi connectivity index (χ2n) is 6.76. The zero-order chi connectivity index (χ0) is 15.8. The molecule has 0 aromatic carbocycles. The lowest BCUT2D eigenvalue weighted by Crippen LogP contribution is -2.37. The summed E-state index contributed by atoms with van der Waals surface area (Å²) in [6.07, 6.45) is 6.34. The number of rotatable bonds is 10. The van der Waals surface area contributed by atoms with Crippen molar-refractivity contribution in [2.75, 3.05) is 19.6 Å². The number of nitrogens with two attached hydrogens (primary N) is 1. The van der Waals surface area contributed by atoms with Gasteiger partial charge in [0.1, 0.15) is 0 Å². The van der Waals surface area contributed by atoms with E-state index in [9.17, 15) is 0 Å². The quantitative estimate of drug-likeness (QED) is 0.720. The lowest BCUT2D eigenvalue weighted by Gasteiger charge is -2.32. The van der Waals surface area contributed by atoms with Crippen LogP contribution >= 0.6 is 0 Å². The Kier molecular flexibility index (Phi) is 7.97. The van der Waals surface area contributed by atoms with Crippen LogP contribution in [-0.4, -0.2) is 34.1 Å². The standard InChI is InChI=1S/C17H34N4/c1-6-20-13-19-12-17(20)16(11-18)21(9-7-14(2)3)10-8-15(4)5/h12-16H,6-11,18H2,1-5H3. The topological polar surface area (TPSA) is 47.1 Å². The molecule has 0 aliphatic rings. The molecule has 0 spiro atoms. The van der Waals surface area contributed by atoms with Crippen molar-refractivity contribution in [1.29, 1.82) is 0 Å². The fourth-order valence-electron chi connectivity index (χ4n) is 2.60. The third-order valence-corrected chi connectivity index (χ3v) is 4.08. The van der Waals surface area contributed by atoms with Crippen LogP contribution in [0, 0.1) is 11.8 Å². The molecule has 0 radical (unpaired) electrons. The van der Waals surface area contributed by atoms with Gasteiger partial charge < -0.3 is 10.3 Å². The maximum atomic E-state index is 6.12. The van der Waals surface area contributed by atoms with E-state index in [1.165, 1.54) is 18.5 Å². The van der Waals surface area contributed by atoms with Gasteiger partial charge >= 0.3 is 0 Å². The predicted octanol–water partition coefficient (Wildman–Crippen LogP) is 3.30. The molecule has 1 aromatic rings. The van der Waals surface area contributed by atoms with E-state index in [-0.39, 0.29) is 6.04 Å². The van der Waals surface area contributed by atoms with Crippen molar-refractivity contribution in [2.24, 2.45) is 17.6 Å². The van der Waals surface area contributed by atoms with Crippen LogP contribution in [0.15, 0.2) is 12.5 Å². The molecule has 1 heterocycles. The number of imidazole rings is 1. The first-order valence-corrected chi connectivity index (χ1v) is 8.43. The Morgan fingerprint density at radius 1 is 1.14 bits per heavy atom. The van der Waals surface area contributed by atoms with Gasteiger partial charge in [-0.3, -0.25) is 4.90 Å². The minimum Gasteiger partial charge on any atom is -0.333 e. The lowest BCUT2D eigenvalue weighted by molar-refractivity contribution is 0.175. The molecule has 0 amide bonds. The summed E-state index contributed by atoms with van der Waals surface area (Å²) in [5, 5.41) is 0. The maximum Gasteiger partial charge on any atom is 0.0948 e. The fourth-order valence-corrected chi connectivity index (χ4v) is 2.60. The Labute approximate surface area is 130 Å². The number of hydrogen-bond acceptors (Lipinski definition) is 3. The summed E-state index contributed by atoms with van der Waals surface area (Å²) in [7, 11) is 0. The molecule has 0 fully saturated rings. The zero-order valence-electron chi connectivity index (χ0n) is 14.5. The van der Waals surface area contributed by atoms with Crippen molar-refractivity contribution < 1.29 is 0 Å². The van der Waals surface area contributed by atoms with Crippen molar-refractivity contribution in [3.63, 3.8) is 0 Å². The average molecular weight is 294 g/mol. The van der Waals surface area contributed by atoms with Gasteiger partial charge in [0, 0.05) is 19.3 Å². The van der Waals surface area contributed by atoms with Crippen LogP contribution in [0.25, 0.3) is 0 Å². The van der Waals surface area contributed by atoms with Gasteiger partial charge in [0.05, 0.1) is 18.1 Å². The van der Waals surface area contributed by atoms with Crippen LogP contribution in [0.4, 0.5) is 0 Å². The van der Waals surface area contributed by atoms with Crippen molar-refractivity contribution >= 4 is 0 Å². The lowest BCUT2D eigenvalue weighted by atomic mass is 10.1. The molecule has 1 atom stereocenters. The summed E-state index contributed by atoms with van der Waals surface area (Å²) >= 11 is 0. The highest BCUT2D eigenvalue weighted by Crippen LogP contribution is 2.22. The molecule has 1 unspecified atom stereocenters. The number of aromatic nitrogens is 2. The summed E-state index contributed by atoms with van der Waals surface area (Å²) in [5.74, 6) is 1.45. The highest BCUT2D eigenvalue weighted by Gasteiger charge is 2.22. The predicted molar refractivity (Wildman–Crippen MR) is 90.2 cm³/mol. The molecule has 1 aromatic heterocycles. The smallest absolute Gasteiger partial charge is 0.0948 e. The molecule has 4 nitrogen and oxygen atoms in total. The first-order chi connectivity index (χ1) is 9.99. The van der Waals surface area contributed by atoms with Crippen molar-refractivity contribution in [1.82, 2.24) is 14.5 Å². The molecule has 4 heteroatoms. The summed E-state index contributed by atoms with van der Waals surface area (Å²) in [4.78, 5) is 6.87. The molecule has 0 saturated heterocycles. The third kappa shape index (κ3) is 5.79. The van der Waals surface area contributed by atoms with Crippen molar-refractivity contribution in [3.8, 4) is 0 Å². The molecule has 0 aliphatic heterocycles. The van der Waals surface area contributed by atoms with Gasteiger partial charge in [-0.15, -0.1) is 0 Å². The van der Waals surface area contributed by atoms with Gasteiger partial charge in [-0.05, 0) is 44.7 Å². The normalized spacial score (nSPS) is 13.6. The molecular weight excluding hydrogens is 260 g/mol. The number of aryl methyl sites for hydroxylation is 1. The van der Waals surface area contributed by atoms with E-state index in [1.54, 1.807) is 0 Å². The van der Waals surface area contributed by atoms with E-state index in [2.05, 4.69) is 49.1 Å². The number of hydrogen-bond donors (Lipinski definition) is 1. The van der Waals surface area contributed by atoms with Crippen LogP contribution in [-0.2, 0) is 6.54 Å². The second-order valence-corrected chi connectivity index (χ2v) is 6.76. The van der Waals surface area contributed by atoms with Gasteiger partial charge in [-0.25, -0.2) is 4.98 Å². The Hall–Kier alpha value is -0.870. The minimum absolute atomic E-state index is 0.282.